The summed E-state index contributed by atoms with van der Waals surface area (Å²) in [5.74, 6) is -1.25. The Labute approximate surface area is 238 Å². The fraction of sp³-hybridized carbons (Fsp3) is 0.207. The van der Waals surface area contributed by atoms with E-state index in [1.165, 1.54) is 43.8 Å². The van der Waals surface area contributed by atoms with Crippen LogP contribution in [0.4, 0.5) is 15.9 Å². The third kappa shape index (κ3) is 5.37. The van der Waals surface area contributed by atoms with E-state index in [2.05, 4.69) is 35.9 Å². The van der Waals surface area contributed by atoms with Crippen molar-refractivity contribution in [2.75, 3.05) is 10.6 Å². The topological polar surface area (TPSA) is 168 Å². The van der Waals surface area contributed by atoms with Gasteiger partial charge in [0.1, 0.15) is 11.6 Å². The lowest BCUT2D eigenvalue weighted by molar-refractivity contribution is -0.114. The summed E-state index contributed by atoms with van der Waals surface area (Å²) in [6, 6.07) is 7.75. The van der Waals surface area contributed by atoms with Crippen molar-refractivity contribution in [3.8, 4) is 17.1 Å². The van der Waals surface area contributed by atoms with Gasteiger partial charge in [-0.1, -0.05) is 20.8 Å². The molecule has 0 saturated heterocycles. The highest BCUT2D eigenvalue weighted by molar-refractivity contribution is 6.08. The van der Waals surface area contributed by atoms with Crippen molar-refractivity contribution >= 4 is 34.1 Å². The first-order valence-corrected chi connectivity index (χ1v) is 12.9. The molecule has 12 nitrogen and oxygen atoms in total. The Bertz CT molecular complexity index is 1890. The summed E-state index contributed by atoms with van der Waals surface area (Å²) in [4.78, 5) is 46.3. The minimum atomic E-state index is -0.761. The Morgan fingerprint density at radius 2 is 1.86 bits per heavy atom. The molecule has 5 aromatic rings. The molecule has 0 fully saturated rings. The van der Waals surface area contributed by atoms with E-state index >= 15 is 4.39 Å². The number of nitrogens with zero attached hydrogens (tertiary/aromatic N) is 5. The predicted octanol–water partition coefficient (Wildman–Crippen LogP) is 3.71. The Morgan fingerprint density at radius 1 is 1.07 bits per heavy atom. The molecule has 0 aliphatic heterocycles. The van der Waals surface area contributed by atoms with Gasteiger partial charge in [0.15, 0.2) is 5.82 Å². The van der Waals surface area contributed by atoms with E-state index in [1.54, 1.807) is 18.2 Å². The summed E-state index contributed by atoms with van der Waals surface area (Å²) in [5.41, 5.74) is 0.939. The SMILES string of the molecule is CC(=O)Nc1ccc(-c2[nH]ncc2C(=O)Nc2ccnc(-n3ncc4cc(C(C)(C)C)cc(F)c4c3=O)c2CO)cn1. The zero-order valence-electron chi connectivity index (χ0n) is 23.2. The minimum absolute atomic E-state index is 0.0633. The van der Waals surface area contributed by atoms with Crippen LogP contribution in [0.3, 0.4) is 0 Å². The van der Waals surface area contributed by atoms with Crippen molar-refractivity contribution in [2.24, 2.45) is 0 Å². The molecule has 1 aromatic carbocycles. The molecule has 0 radical (unpaired) electrons. The van der Waals surface area contributed by atoms with Gasteiger partial charge < -0.3 is 15.7 Å². The maximum absolute atomic E-state index is 15.2. The van der Waals surface area contributed by atoms with Gasteiger partial charge in [-0.2, -0.15) is 14.9 Å². The van der Waals surface area contributed by atoms with Crippen LogP contribution in [-0.4, -0.2) is 46.9 Å². The van der Waals surface area contributed by atoms with Gasteiger partial charge >= 0.3 is 0 Å². The molecule has 0 saturated carbocycles. The molecule has 4 aromatic heterocycles. The summed E-state index contributed by atoms with van der Waals surface area (Å²) in [6.45, 7) is 6.57. The van der Waals surface area contributed by atoms with E-state index in [4.69, 9.17) is 0 Å². The van der Waals surface area contributed by atoms with Crippen LogP contribution in [0.15, 0.2) is 59.9 Å². The van der Waals surface area contributed by atoms with Gasteiger partial charge in [0.2, 0.25) is 5.91 Å². The van der Waals surface area contributed by atoms with E-state index in [0.29, 0.717) is 28.0 Å². The fourth-order valence-electron chi connectivity index (χ4n) is 4.42. The summed E-state index contributed by atoms with van der Waals surface area (Å²) in [7, 11) is 0. The standard InChI is InChI=1S/C29H27FN8O4/c1-15(40)35-23-6-5-16(11-32-23)25-19(13-33-37-25)27(41)36-22-7-8-31-26(20(22)14-39)38-28(42)24-17(12-34-38)9-18(10-21(24)30)29(2,3)4/h5-13,39H,14H2,1-4H3,(H,33,37)(H,31,36,41)(H,32,35,40). The molecular weight excluding hydrogens is 543 g/mol. The number of hydrogen-bond acceptors (Lipinski definition) is 8. The number of carbonyl (C=O) groups excluding carboxylic acids is 2. The van der Waals surface area contributed by atoms with Crippen LogP contribution < -0.4 is 16.2 Å². The minimum Gasteiger partial charge on any atom is -0.391 e. The zero-order valence-corrected chi connectivity index (χ0v) is 23.2. The number of aliphatic hydroxyl groups excluding tert-OH is 1. The number of amides is 2. The van der Waals surface area contributed by atoms with Crippen molar-refractivity contribution in [3.05, 3.63) is 88.0 Å². The van der Waals surface area contributed by atoms with Crippen molar-refractivity contribution in [2.45, 2.75) is 39.7 Å². The first-order chi connectivity index (χ1) is 20.0. The Kier molecular flexibility index (Phi) is 7.35. The molecule has 4 heterocycles. The van der Waals surface area contributed by atoms with Crippen molar-refractivity contribution in [1.82, 2.24) is 29.9 Å². The van der Waals surface area contributed by atoms with Crippen molar-refractivity contribution in [1.29, 1.82) is 0 Å². The van der Waals surface area contributed by atoms with Crippen LogP contribution in [0.25, 0.3) is 27.8 Å². The van der Waals surface area contributed by atoms with E-state index < -0.39 is 23.9 Å². The Morgan fingerprint density at radius 3 is 2.52 bits per heavy atom. The molecule has 214 valence electrons. The molecule has 0 unspecified atom stereocenters. The maximum atomic E-state index is 15.2. The van der Waals surface area contributed by atoms with E-state index in [9.17, 15) is 19.5 Å². The van der Waals surface area contributed by atoms with Crippen molar-refractivity contribution < 1.29 is 19.1 Å². The van der Waals surface area contributed by atoms with Gasteiger partial charge in [-0.05, 0) is 41.3 Å². The number of halogens is 1. The second-order valence-electron chi connectivity index (χ2n) is 10.6. The molecule has 4 N–H and O–H groups in total. The molecule has 2 amide bonds. The second kappa shape index (κ2) is 10.9. The van der Waals surface area contributed by atoms with Gasteiger partial charge in [0.25, 0.3) is 11.5 Å². The number of nitrogens with one attached hydrogen (secondary N) is 3. The van der Waals surface area contributed by atoms with Crippen molar-refractivity contribution in [3.63, 3.8) is 0 Å². The molecule has 0 atom stereocenters. The van der Waals surface area contributed by atoms with Gasteiger partial charge in [0, 0.05) is 35.8 Å². The number of aromatic amines is 1. The molecule has 0 spiro atoms. The second-order valence-corrected chi connectivity index (χ2v) is 10.6. The number of anilines is 2. The van der Waals surface area contributed by atoms with Gasteiger partial charge in [-0.25, -0.2) is 14.4 Å². The first kappa shape index (κ1) is 28.2. The summed E-state index contributed by atoms with van der Waals surface area (Å²) < 4.78 is 16.1. The molecular formula is C29H27FN8O4. The van der Waals surface area contributed by atoms with Crippen LogP contribution in [-0.2, 0) is 16.8 Å². The summed E-state index contributed by atoms with van der Waals surface area (Å²) >= 11 is 0. The number of carbonyl (C=O) groups is 2. The average molecular weight is 571 g/mol. The van der Waals surface area contributed by atoms with Crippen LogP contribution in [0.2, 0.25) is 0 Å². The highest BCUT2D eigenvalue weighted by atomic mass is 19.1. The Balaban J connectivity index is 1.49. The van der Waals surface area contributed by atoms with E-state index in [0.717, 1.165) is 4.68 Å². The smallest absolute Gasteiger partial charge is 0.283 e. The number of pyridine rings is 2. The average Bonchev–Trinajstić information content (AvgIpc) is 3.43. The van der Waals surface area contributed by atoms with Gasteiger partial charge in [-0.15, -0.1) is 0 Å². The number of benzene rings is 1. The number of fused-ring (bicyclic) bond motifs is 1. The first-order valence-electron chi connectivity index (χ1n) is 12.9. The number of rotatable bonds is 6. The van der Waals surface area contributed by atoms with Crippen LogP contribution >= 0.6 is 0 Å². The van der Waals surface area contributed by atoms with Gasteiger partial charge in [0.05, 0.1) is 41.3 Å². The molecule has 13 heteroatoms. The largest absolute Gasteiger partial charge is 0.391 e. The lowest BCUT2D eigenvalue weighted by Gasteiger charge is -2.20. The summed E-state index contributed by atoms with van der Waals surface area (Å²) in [6.07, 6.45) is 5.51. The number of H-pyrrole nitrogens is 1. The predicted molar refractivity (Wildman–Crippen MR) is 154 cm³/mol. The van der Waals surface area contributed by atoms with Crippen LogP contribution in [0, 0.1) is 5.82 Å². The normalized spacial score (nSPS) is 11.5. The quantitative estimate of drug-likeness (QED) is 0.240. The van der Waals surface area contributed by atoms with E-state index in [1.807, 2.05) is 20.8 Å². The highest BCUT2D eigenvalue weighted by Gasteiger charge is 2.22. The van der Waals surface area contributed by atoms with E-state index in [-0.39, 0.29) is 39.3 Å². The summed E-state index contributed by atoms with van der Waals surface area (Å²) in [5, 5.41) is 26.6. The molecule has 0 aliphatic rings. The Hall–Kier alpha value is -5.30. The van der Waals surface area contributed by atoms with Crippen LogP contribution in [0.5, 0.6) is 0 Å². The maximum Gasteiger partial charge on any atom is 0.283 e. The molecule has 0 bridgehead atoms. The third-order valence-electron chi connectivity index (χ3n) is 6.59. The monoisotopic (exact) mass is 570 g/mol. The molecule has 5 rings (SSSR count). The molecule has 0 aliphatic carbocycles. The fourth-order valence-corrected chi connectivity index (χ4v) is 4.42. The highest BCUT2D eigenvalue weighted by Crippen LogP contribution is 2.28. The zero-order chi connectivity index (χ0) is 30.2. The van der Waals surface area contributed by atoms with Gasteiger partial charge in [-0.3, -0.25) is 19.5 Å². The lowest BCUT2D eigenvalue weighted by atomic mass is 9.86. The third-order valence-corrected chi connectivity index (χ3v) is 6.59. The van der Waals surface area contributed by atoms with Crippen LogP contribution in [0.1, 0.15) is 49.2 Å². The lowest BCUT2D eigenvalue weighted by Crippen LogP contribution is -2.25. The number of hydrogen-bond donors (Lipinski definition) is 4. The molecule has 42 heavy (non-hydrogen) atoms. The number of aromatic nitrogens is 6. The number of aliphatic hydroxyl groups is 1.